The summed E-state index contributed by atoms with van der Waals surface area (Å²) in [6.45, 7) is 1.36. The summed E-state index contributed by atoms with van der Waals surface area (Å²) in [5.41, 5.74) is 1.11. The van der Waals surface area contributed by atoms with Gasteiger partial charge in [-0.05, 0) is 18.9 Å². The summed E-state index contributed by atoms with van der Waals surface area (Å²) in [7, 11) is 3.07. The first-order chi connectivity index (χ1) is 12.2. The molecule has 0 aliphatic carbocycles. The van der Waals surface area contributed by atoms with Crippen molar-refractivity contribution in [2.45, 2.75) is 25.4 Å². The lowest BCUT2D eigenvalue weighted by atomic mass is 10.0. The number of aryl methyl sites for hydroxylation is 1. The number of nitriles is 1. The quantitative estimate of drug-likeness (QED) is 0.723. The van der Waals surface area contributed by atoms with Gasteiger partial charge in [-0.3, -0.25) is 4.79 Å². The molecule has 7 heteroatoms. The number of imidazole rings is 1. The molecule has 0 bridgehead atoms. The van der Waals surface area contributed by atoms with Crippen molar-refractivity contribution in [2.75, 3.05) is 20.8 Å². The van der Waals surface area contributed by atoms with E-state index >= 15 is 0 Å². The number of rotatable bonds is 7. The van der Waals surface area contributed by atoms with Crippen molar-refractivity contribution in [1.29, 1.82) is 5.26 Å². The number of hydrogen-bond acceptors (Lipinski definition) is 5. The average molecular weight is 340 g/mol. The first kappa shape index (κ1) is 16.8. The lowest BCUT2D eigenvalue weighted by Crippen LogP contribution is -2.28. The van der Waals surface area contributed by atoms with Crippen LogP contribution in [-0.4, -0.2) is 41.1 Å². The summed E-state index contributed by atoms with van der Waals surface area (Å²) in [6.07, 6.45) is 7.12. The van der Waals surface area contributed by atoms with Crippen molar-refractivity contribution < 1.29 is 14.3 Å². The fourth-order valence-corrected chi connectivity index (χ4v) is 3.14. The van der Waals surface area contributed by atoms with Gasteiger partial charge in [0.25, 0.3) is 5.91 Å². The zero-order chi connectivity index (χ0) is 17.8. The highest BCUT2D eigenvalue weighted by Crippen LogP contribution is 2.42. The van der Waals surface area contributed by atoms with Gasteiger partial charge in [-0.2, -0.15) is 5.26 Å². The van der Waals surface area contributed by atoms with E-state index < -0.39 is 6.04 Å². The molecule has 1 atom stereocenters. The van der Waals surface area contributed by atoms with Crippen molar-refractivity contribution >= 4 is 5.91 Å². The number of aromatic nitrogens is 2. The Bertz CT molecular complexity index is 795. The Balaban J connectivity index is 1.75. The van der Waals surface area contributed by atoms with Gasteiger partial charge in [-0.15, -0.1) is 0 Å². The predicted octanol–water partition coefficient (Wildman–Crippen LogP) is 2.40. The summed E-state index contributed by atoms with van der Waals surface area (Å²) in [5, 5.41) is 9.61. The molecule has 0 spiro atoms. The number of amides is 1. The number of hydrogen-bond donors (Lipinski definition) is 0. The normalized spacial score (nSPS) is 15.8. The van der Waals surface area contributed by atoms with Gasteiger partial charge in [-0.1, -0.05) is 0 Å². The van der Waals surface area contributed by atoms with Gasteiger partial charge in [0.05, 0.1) is 32.2 Å². The summed E-state index contributed by atoms with van der Waals surface area (Å²) in [4.78, 5) is 18.4. The Morgan fingerprint density at radius 1 is 1.24 bits per heavy atom. The lowest BCUT2D eigenvalue weighted by molar-refractivity contribution is 0.0753. The SMILES string of the molecule is COc1cc(OC)c2c(c1)C(=O)N(CCCCn1ccnc1)C2C#N. The minimum absolute atomic E-state index is 0.151. The van der Waals surface area contributed by atoms with Crippen molar-refractivity contribution in [3.8, 4) is 17.6 Å². The largest absolute Gasteiger partial charge is 0.497 e. The van der Waals surface area contributed by atoms with Gasteiger partial charge in [0, 0.05) is 37.1 Å². The molecule has 0 radical (unpaired) electrons. The molecule has 0 saturated carbocycles. The Hall–Kier alpha value is -3.01. The fraction of sp³-hybridized carbons (Fsp3) is 0.389. The molecular formula is C18H20N4O3. The first-order valence-electron chi connectivity index (χ1n) is 8.11. The van der Waals surface area contributed by atoms with Crippen molar-refractivity contribution in [3.05, 3.63) is 42.0 Å². The average Bonchev–Trinajstić information content (AvgIpc) is 3.24. The second kappa shape index (κ2) is 7.26. The van der Waals surface area contributed by atoms with Crippen molar-refractivity contribution in [3.63, 3.8) is 0 Å². The Morgan fingerprint density at radius 3 is 2.68 bits per heavy atom. The van der Waals surface area contributed by atoms with Crippen LogP contribution in [0.5, 0.6) is 11.5 Å². The molecule has 25 heavy (non-hydrogen) atoms. The minimum atomic E-state index is -0.628. The van der Waals surface area contributed by atoms with Crippen molar-refractivity contribution in [2.24, 2.45) is 0 Å². The molecule has 0 saturated heterocycles. The van der Waals surface area contributed by atoms with Crippen LogP contribution < -0.4 is 9.47 Å². The highest BCUT2D eigenvalue weighted by Gasteiger charge is 2.39. The van der Waals surface area contributed by atoms with Crippen LogP contribution in [0.3, 0.4) is 0 Å². The van der Waals surface area contributed by atoms with Gasteiger partial charge in [0.15, 0.2) is 0 Å². The van der Waals surface area contributed by atoms with E-state index in [0.717, 1.165) is 19.4 Å². The van der Waals surface area contributed by atoms with E-state index in [9.17, 15) is 10.1 Å². The van der Waals surface area contributed by atoms with E-state index in [1.807, 2.05) is 10.8 Å². The Labute approximate surface area is 146 Å². The third-order valence-electron chi connectivity index (χ3n) is 4.39. The number of unbranched alkanes of at least 4 members (excludes halogenated alkanes) is 1. The zero-order valence-corrected chi connectivity index (χ0v) is 14.3. The topological polar surface area (TPSA) is 80.4 Å². The van der Waals surface area contributed by atoms with Crippen LogP contribution in [0.4, 0.5) is 0 Å². The molecule has 1 amide bonds. The number of carbonyl (C=O) groups excluding carboxylic acids is 1. The van der Waals surface area contributed by atoms with E-state index in [-0.39, 0.29) is 5.91 Å². The van der Waals surface area contributed by atoms with Gasteiger partial charge < -0.3 is 18.9 Å². The van der Waals surface area contributed by atoms with E-state index in [1.54, 1.807) is 29.6 Å². The minimum Gasteiger partial charge on any atom is -0.497 e. The third-order valence-corrected chi connectivity index (χ3v) is 4.39. The van der Waals surface area contributed by atoms with Crippen LogP contribution >= 0.6 is 0 Å². The number of benzene rings is 1. The van der Waals surface area contributed by atoms with Gasteiger partial charge in [0.1, 0.15) is 17.5 Å². The molecule has 7 nitrogen and oxygen atoms in total. The Kier molecular flexibility index (Phi) is 4.89. The fourth-order valence-electron chi connectivity index (χ4n) is 3.14. The second-order valence-corrected chi connectivity index (χ2v) is 5.83. The lowest BCUT2D eigenvalue weighted by Gasteiger charge is -2.20. The molecule has 2 aromatic rings. The van der Waals surface area contributed by atoms with Crippen molar-refractivity contribution in [1.82, 2.24) is 14.5 Å². The summed E-state index contributed by atoms with van der Waals surface area (Å²) < 4.78 is 12.6. The molecule has 1 aliphatic heterocycles. The van der Waals surface area contributed by atoms with Gasteiger partial charge in [0.2, 0.25) is 0 Å². The summed E-state index contributed by atoms with van der Waals surface area (Å²) >= 11 is 0. The van der Waals surface area contributed by atoms with E-state index in [1.165, 1.54) is 14.2 Å². The van der Waals surface area contributed by atoms with Crippen LogP contribution in [0.25, 0.3) is 0 Å². The zero-order valence-electron chi connectivity index (χ0n) is 14.3. The molecule has 1 aromatic carbocycles. The van der Waals surface area contributed by atoms with Crippen LogP contribution in [0.15, 0.2) is 30.9 Å². The van der Waals surface area contributed by atoms with Gasteiger partial charge in [-0.25, -0.2) is 4.98 Å². The monoisotopic (exact) mass is 340 g/mol. The molecule has 0 N–H and O–H groups in total. The summed E-state index contributed by atoms with van der Waals surface area (Å²) in [6, 6.07) is 4.99. The highest BCUT2D eigenvalue weighted by atomic mass is 16.5. The maximum absolute atomic E-state index is 12.8. The van der Waals surface area contributed by atoms with Crippen LogP contribution in [0.1, 0.15) is 34.8 Å². The smallest absolute Gasteiger partial charge is 0.255 e. The van der Waals surface area contributed by atoms with Crippen LogP contribution in [-0.2, 0) is 6.54 Å². The second-order valence-electron chi connectivity index (χ2n) is 5.83. The molecule has 1 aromatic heterocycles. The molecule has 1 unspecified atom stereocenters. The number of fused-ring (bicyclic) bond motifs is 1. The predicted molar refractivity (Wildman–Crippen MR) is 90.4 cm³/mol. The number of ether oxygens (including phenoxy) is 2. The van der Waals surface area contributed by atoms with E-state index in [4.69, 9.17) is 9.47 Å². The molecule has 1 aliphatic rings. The molecule has 2 heterocycles. The first-order valence-corrected chi connectivity index (χ1v) is 8.11. The number of nitrogens with zero attached hydrogens (tertiary/aromatic N) is 4. The maximum Gasteiger partial charge on any atom is 0.255 e. The van der Waals surface area contributed by atoms with Crippen LogP contribution in [0.2, 0.25) is 0 Å². The molecule has 0 fully saturated rings. The third kappa shape index (κ3) is 3.15. The molecule has 130 valence electrons. The summed E-state index contributed by atoms with van der Waals surface area (Å²) in [5.74, 6) is 0.902. The number of methoxy groups -OCH3 is 2. The van der Waals surface area contributed by atoms with Gasteiger partial charge >= 0.3 is 0 Å². The highest BCUT2D eigenvalue weighted by molar-refractivity contribution is 6.01. The van der Waals surface area contributed by atoms with E-state index in [0.29, 0.717) is 29.2 Å². The van der Waals surface area contributed by atoms with E-state index in [2.05, 4.69) is 11.1 Å². The van der Waals surface area contributed by atoms with Crippen LogP contribution in [0, 0.1) is 11.3 Å². The number of carbonyl (C=O) groups is 1. The Morgan fingerprint density at radius 2 is 2.04 bits per heavy atom. The molecular weight excluding hydrogens is 320 g/mol. The molecule has 3 rings (SSSR count). The maximum atomic E-state index is 12.8. The standard InChI is InChI=1S/C18H20N4O3/c1-24-13-9-14-17(16(10-13)25-2)15(11-19)22(18(14)23)7-4-3-6-21-8-5-20-12-21/h5,8-10,12,15H,3-4,6-7H2,1-2H3.